The molecule has 0 N–H and O–H groups in total. The zero-order valence-electron chi connectivity index (χ0n) is 46.1. The smallest absolute Gasteiger partial charge is 0.306 e. The molecule has 0 aromatic heterocycles. The lowest BCUT2D eigenvalue weighted by molar-refractivity contribution is -0.167. The number of allylic oxidation sites excluding steroid dienone is 8. The number of esters is 3. The van der Waals surface area contributed by atoms with Crippen LogP contribution in [0.15, 0.2) is 48.6 Å². The molecule has 6 nitrogen and oxygen atoms in total. The van der Waals surface area contributed by atoms with Gasteiger partial charge in [-0.1, -0.05) is 268 Å². The van der Waals surface area contributed by atoms with Crippen molar-refractivity contribution in [1.82, 2.24) is 0 Å². The molecule has 0 bridgehead atoms. The molecular weight excluding hydrogens is 853 g/mol. The molecule has 0 fully saturated rings. The predicted molar refractivity (Wildman–Crippen MR) is 298 cm³/mol. The number of unbranched alkanes of at least 4 members (excludes halogenated alkanes) is 36. The molecule has 0 aliphatic heterocycles. The molecule has 402 valence electrons. The summed E-state index contributed by atoms with van der Waals surface area (Å²) in [6.07, 6.45) is 71.1. The topological polar surface area (TPSA) is 78.9 Å². The summed E-state index contributed by atoms with van der Waals surface area (Å²) in [6, 6.07) is 0. The first-order valence-corrected chi connectivity index (χ1v) is 30.1. The third-order valence-electron chi connectivity index (χ3n) is 13.3. The Bertz CT molecular complexity index is 1200. The number of carbonyl (C=O) groups is 3. The summed E-state index contributed by atoms with van der Waals surface area (Å²) in [5.41, 5.74) is 0. The molecule has 69 heavy (non-hydrogen) atoms. The standard InChI is InChI=1S/C63H114O6/c1-4-7-10-13-16-19-22-25-28-30-31-33-35-38-41-44-47-50-53-56-62(65)68-59-60(58-67-61(64)55-52-49-46-43-40-37-34-27-24-21-18-15-12-9-6-3)69-63(66)57-54-51-48-45-42-39-36-32-29-26-23-20-17-14-11-8-5-2/h9,12,18,21,26-27,29,34,60H,4-8,10-11,13-17,19-20,22-25,28,30-33,35-59H2,1-3H3/b12-9-,21-18-,29-26-,34-27-. The molecule has 0 aliphatic carbocycles. The highest BCUT2D eigenvalue weighted by Gasteiger charge is 2.19. The van der Waals surface area contributed by atoms with E-state index < -0.39 is 6.10 Å². The number of carbonyl (C=O) groups excluding carboxylic acids is 3. The molecule has 0 aliphatic rings. The summed E-state index contributed by atoms with van der Waals surface area (Å²) in [5.74, 6) is -0.882. The Hall–Kier alpha value is -2.63. The quantitative estimate of drug-likeness (QED) is 0.0262. The molecule has 0 heterocycles. The first-order chi connectivity index (χ1) is 34.0. The summed E-state index contributed by atoms with van der Waals surface area (Å²) >= 11 is 0. The molecule has 0 saturated carbocycles. The molecule has 0 rings (SSSR count). The second-order valence-electron chi connectivity index (χ2n) is 20.2. The highest BCUT2D eigenvalue weighted by atomic mass is 16.6. The minimum absolute atomic E-state index is 0.0771. The maximum Gasteiger partial charge on any atom is 0.306 e. The van der Waals surface area contributed by atoms with Gasteiger partial charge in [0.15, 0.2) is 6.10 Å². The largest absolute Gasteiger partial charge is 0.462 e. The van der Waals surface area contributed by atoms with E-state index in [2.05, 4.69) is 69.4 Å². The molecule has 0 radical (unpaired) electrons. The van der Waals surface area contributed by atoms with E-state index in [9.17, 15) is 14.4 Å². The van der Waals surface area contributed by atoms with Crippen molar-refractivity contribution in [3.8, 4) is 0 Å². The van der Waals surface area contributed by atoms with Crippen LogP contribution in [0.3, 0.4) is 0 Å². The highest BCUT2D eigenvalue weighted by Crippen LogP contribution is 2.17. The van der Waals surface area contributed by atoms with Gasteiger partial charge >= 0.3 is 17.9 Å². The molecule has 0 amide bonds. The highest BCUT2D eigenvalue weighted by molar-refractivity contribution is 5.71. The average Bonchev–Trinajstić information content (AvgIpc) is 3.35. The monoisotopic (exact) mass is 967 g/mol. The van der Waals surface area contributed by atoms with Crippen LogP contribution in [-0.2, 0) is 28.6 Å². The van der Waals surface area contributed by atoms with Crippen LogP contribution in [0.25, 0.3) is 0 Å². The fraction of sp³-hybridized carbons (Fsp3) is 0.825. The van der Waals surface area contributed by atoms with Crippen LogP contribution < -0.4 is 0 Å². The van der Waals surface area contributed by atoms with Gasteiger partial charge in [-0.3, -0.25) is 14.4 Å². The van der Waals surface area contributed by atoms with E-state index in [1.54, 1.807) is 0 Å². The van der Waals surface area contributed by atoms with E-state index in [4.69, 9.17) is 14.2 Å². The SMILES string of the molecule is CC/C=C\C/C=C\C/C=C\CCCCCCCC(=O)OCC(COC(=O)CCCCCCCCCCCCCCCCCCCCC)OC(=O)CCCCCCCCC/C=C\CCCCCCCC. The first kappa shape index (κ1) is 66.4. The zero-order valence-corrected chi connectivity index (χ0v) is 46.1. The Balaban J connectivity index is 4.35. The third kappa shape index (κ3) is 56.2. The Morgan fingerprint density at radius 3 is 0.899 bits per heavy atom. The van der Waals surface area contributed by atoms with E-state index in [-0.39, 0.29) is 31.1 Å². The lowest BCUT2D eigenvalue weighted by atomic mass is 10.0. The Labute approximate surface area is 428 Å². The van der Waals surface area contributed by atoms with Crippen molar-refractivity contribution in [1.29, 1.82) is 0 Å². The van der Waals surface area contributed by atoms with Gasteiger partial charge in [-0.15, -0.1) is 0 Å². The second kappa shape index (κ2) is 57.9. The van der Waals surface area contributed by atoms with Crippen molar-refractivity contribution in [2.24, 2.45) is 0 Å². The summed E-state index contributed by atoms with van der Waals surface area (Å²) < 4.78 is 16.9. The fourth-order valence-corrected chi connectivity index (χ4v) is 8.81. The van der Waals surface area contributed by atoms with Gasteiger partial charge in [0, 0.05) is 19.3 Å². The predicted octanol–water partition coefficient (Wildman–Crippen LogP) is 20.2. The summed E-state index contributed by atoms with van der Waals surface area (Å²) in [5, 5.41) is 0. The molecule has 0 aromatic carbocycles. The molecule has 6 heteroatoms. The van der Waals surface area contributed by atoms with Crippen molar-refractivity contribution < 1.29 is 28.6 Å². The van der Waals surface area contributed by atoms with Crippen LogP contribution >= 0.6 is 0 Å². The first-order valence-electron chi connectivity index (χ1n) is 30.1. The van der Waals surface area contributed by atoms with Gasteiger partial charge in [-0.2, -0.15) is 0 Å². The Kier molecular flexibility index (Phi) is 55.7. The second-order valence-corrected chi connectivity index (χ2v) is 20.2. The van der Waals surface area contributed by atoms with Crippen molar-refractivity contribution in [3.63, 3.8) is 0 Å². The Morgan fingerprint density at radius 2 is 0.565 bits per heavy atom. The molecule has 0 spiro atoms. The molecule has 0 saturated heterocycles. The van der Waals surface area contributed by atoms with E-state index in [1.165, 1.54) is 180 Å². The van der Waals surface area contributed by atoms with E-state index in [1.807, 2.05) is 0 Å². The molecule has 1 unspecified atom stereocenters. The lowest BCUT2D eigenvalue weighted by Crippen LogP contribution is -2.30. The van der Waals surface area contributed by atoms with E-state index in [0.717, 1.165) is 96.3 Å². The number of hydrogen-bond donors (Lipinski definition) is 0. The summed E-state index contributed by atoms with van der Waals surface area (Å²) in [7, 11) is 0. The van der Waals surface area contributed by atoms with Crippen LogP contribution in [0.5, 0.6) is 0 Å². The van der Waals surface area contributed by atoms with Crippen molar-refractivity contribution in [2.45, 2.75) is 322 Å². The normalized spacial score (nSPS) is 12.3. The van der Waals surface area contributed by atoms with Gasteiger partial charge < -0.3 is 14.2 Å². The third-order valence-corrected chi connectivity index (χ3v) is 13.3. The fourth-order valence-electron chi connectivity index (χ4n) is 8.81. The van der Waals surface area contributed by atoms with Crippen LogP contribution in [-0.4, -0.2) is 37.2 Å². The zero-order chi connectivity index (χ0) is 50.0. The molecular formula is C63H114O6. The number of hydrogen-bond acceptors (Lipinski definition) is 6. The van der Waals surface area contributed by atoms with Crippen LogP contribution in [0, 0.1) is 0 Å². The summed E-state index contributed by atoms with van der Waals surface area (Å²) in [6.45, 7) is 6.55. The maximum absolute atomic E-state index is 12.9. The van der Waals surface area contributed by atoms with Gasteiger partial charge in [0.05, 0.1) is 0 Å². The van der Waals surface area contributed by atoms with Crippen molar-refractivity contribution >= 4 is 17.9 Å². The van der Waals surface area contributed by atoms with Gasteiger partial charge in [0.25, 0.3) is 0 Å². The van der Waals surface area contributed by atoms with Crippen molar-refractivity contribution in [3.05, 3.63) is 48.6 Å². The maximum atomic E-state index is 12.9. The van der Waals surface area contributed by atoms with Crippen molar-refractivity contribution in [2.75, 3.05) is 13.2 Å². The molecule has 1 atom stereocenters. The number of rotatable bonds is 55. The van der Waals surface area contributed by atoms with Gasteiger partial charge in [0.2, 0.25) is 0 Å². The van der Waals surface area contributed by atoms with Gasteiger partial charge in [-0.25, -0.2) is 0 Å². The van der Waals surface area contributed by atoms with Crippen LogP contribution in [0.1, 0.15) is 316 Å². The lowest BCUT2D eigenvalue weighted by Gasteiger charge is -2.18. The van der Waals surface area contributed by atoms with Gasteiger partial charge in [-0.05, 0) is 77.0 Å². The van der Waals surface area contributed by atoms with Gasteiger partial charge in [0.1, 0.15) is 13.2 Å². The van der Waals surface area contributed by atoms with Crippen LogP contribution in [0.4, 0.5) is 0 Å². The van der Waals surface area contributed by atoms with Crippen LogP contribution in [0.2, 0.25) is 0 Å². The number of ether oxygens (including phenoxy) is 3. The minimum atomic E-state index is -0.781. The molecule has 0 aromatic rings. The summed E-state index contributed by atoms with van der Waals surface area (Å²) in [4.78, 5) is 38.2. The average molecular weight is 968 g/mol. The minimum Gasteiger partial charge on any atom is -0.462 e. The van der Waals surface area contributed by atoms with E-state index in [0.29, 0.717) is 19.3 Å². The van der Waals surface area contributed by atoms with E-state index >= 15 is 0 Å². The Morgan fingerprint density at radius 1 is 0.304 bits per heavy atom.